The highest BCUT2D eigenvalue weighted by Gasteiger charge is 2.52. The molecule has 5 nitrogen and oxygen atoms in total. The lowest BCUT2D eigenvalue weighted by molar-refractivity contribution is -0.194. The van der Waals surface area contributed by atoms with Crippen LogP contribution in [0, 0.1) is 0 Å². The van der Waals surface area contributed by atoms with Gasteiger partial charge in [0.2, 0.25) is 0 Å². The molecule has 19 heavy (non-hydrogen) atoms. The van der Waals surface area contributed by atoms with Crippen molar-refractivity contribution in [2.45, 2.75) is 69.9 Å². The van der Waals surface area contributed by atoms with Gasteiger partial charge in [-0.05, 0) is 19.8 Å². The van der Waals surface area contributed by atoms with Crippen LogP contribution in [0.2, 0.25) is 0 Å². The minimum absolute atomic E-state index is 0.186. The Labute approximate surface area is 113 Å². The maximum absolute atomic E-state index is 11.7. The molecule has 2 aliphatic rings. The third kappa shape index (κ3) is 3.15. The van der Waals surface area contributed by atoms with E-state index in [9.17, 15) is 9.59 Å². The maximum Gasteiger partial charge on any atom is 0.338 e. The Hall–Kier alpha value is -0.940. The Balaban J connectivity index is 2.14. The summed E-state index contributed by atoms with van der Waals surface area (Å²) in [5.41, 5.74) is 0. The van der Waals surface area contributed by atoms with Crippen molar-refractivity contribution in [3.8, 4) is 0 Å². The Morgan fingerprint density at radius 3 is 2.05 bits per heavy atom. The summed E-state index contributed by atoms with van der Waals surface area (Å²) >= 11 is 0. The lowest BCUT2D eigenvalue weighted by Crippen LogP contribution is -2.36. The molecule has 0 N–H and O–H groups in total. The van der Waals surface area contributed by atoms with E-state index in [2.05, 4.69) is 0 Å². The van der Waals surface area contributed by atoms with Crippen molar-refractivity contribution < 1.29 is 23.8 Å². The van der Waals surface area contributed by atoms with Gasteiger partial charge in [0.25, 0.3) is 0 Å². The van der Waals surface area contributed by atoms with Gasteiger partial charge in [0.1, 0.15) is 0 Å². The highest BCUT2D eigenvalue weighted by molar-refractivity contribution is 5.89. The molecule has 0 aromatic heterocycles. The van der Waals surface area contributed by atoms with Crippen LogP contribution in [0.5, 0.6) is 0 Å². The van der Waals surface area contributed by atoms with Crippen molar-refractivity contribution in [2.75, 3.05) is 7.11 Å². The number of carbonyl (C=O) groups is 2. The van der Waals surface area contributed by atoms with Crippen LogP contribution < -0.4 is 0 Å². The molecule has 5 heteroatoms. The molecule has 0 unspecified atom stereocenters. The summed E-state index contributed by atoms with van der Waals surface area (Å²) in [6, 6.07) is 0. The molecule has 1 aliphatic heterocycles. The van der Waals surface area contributed by atoms with Crippen LogP contribution >= 0.6 is 0 Å². The third-order valence-corrected chi connectivity index (χ3v) is 3.91. The highest BCUT2D eigenvalue weighted by Crippen LogP contribution is 2.39. The zero-order valence-electron chi connectivity index (χ0n) is 11.6. The summed E-state index contributed by atoms with van der Waals surface area (Å²) in [7, 11) is 1.30. The summed E-state index contributed by atoms with van der Waals surface area (Å²) in [5, 5.41) is 0. The molecule has 108 valence electrons. The molecule has 1 spiro atoms. The largest absolute Gasteiger partial charge is 0.467 e. The highest BCUT2D eigenvalue weighted by atomic mass is 16.8. The van der Waals surface area contributed by atoms with E-state index in [0.717, 1.165) is 38.5 Å². The Kier molecular flexibility index (Phi) is 4.58. The number of carbonyl (C=O) groups excluding carboxylic acids is 2. The van der Waals surface area contributed by atoms with Gasteiger partial charge in [-0.3, -0.25) is 4.79 Å². The molecule has 0 aromatic rings. The second-order valence-electron chi connectivity index (χ2n) is 5.39. The average molecular weight is 270 g/mol. The maximum atomic E-state index is 11.7. The normalized spacial score (nSPS) is 30.6. The van der Waals surface area contributed by atoms with E-state index in [1.54, 1.807) is 0 Å². The first-order chi connectivity index (χ1) is 9.08. The number of ether oxygens (including phenoxy) is 3. The van der Waals surface area contributed by atoms with Crippen molar-refractivity contribution in [2.24, 2.45) is 0 Å². The second kappa shape index (κ2) is 6.01. The Bertz CT molecular complexity index is 344. The Morgan fingerprint density at radius 1 is 1.00 bits per heavy atom. The number of rotatable bonds is 2. The average Bonchev–Trinajstić information content (AvgIpc) is 2.74. The van der Waals surface area contributed by atoms with Gasteiger partial charge in [-0.25, -0.2) is 4.79 Å². The van der Waals surface area contributed by atoms with Crippen molar-refractivity contribution in [3.63, 3.8) is 0 Å². The predicted molar refractivity (Wildman–Crippen MR) is 67.5 cm³/mol. The van der Waals surface area contributed by atoms with E-state index in [1.165, 1.54) is 20.5 Å². The van der Waals surface area contributed by atoms with E-state index in [4.69, 9.17) is 14.2 Å². The number of ketones is 1. The number of esters is 1. The van der Waals surface area contributed by atoms with E-state index in [0.29, 0.717) is 0 Å². The summed E-state index contributed by atoms with van der Waals surface area (Å²) in [5.74, 6) is -1.48. The fourth-order valence-corrected chi connectivity index (χ4v) is 2.88. The van der Waals surface area contributed by atoms with Crippen LogP contribution in [0.25, 0.3) is 0 Å². The monoisotopic (exact) mass is 270 g/mol. The number of hydrogen-bond donors (Lipinski definition) is 0. The molecular weight excluding hydrogens is 248 g/mol. The van der Waals surface area contributed by atoms with E-state index in [-0.39, 0.29) is 5.78 Å². The van der Waals surface area contributed by atoms with Gasteiger partial charge in [-0.15, -0.1) is 0 Å². The minimum atomic E-state index is -0.915. The van der Waals surface area contributed by atoms with Crippen molar-refractivity contribution >= 4 is 11.8 Å². The zero-order valence-corrected chi connectivity index (χ0v) is 11.6. The van der Waals surface area contributed by atoms with E-state index >= 15 is 0 Å². The standard InChI is InChI=1S/C14H22O5/c1-10(15)11-12(13(16)17-2)19-14(18-11)8-6-4-3-5-7-9-14/h11-12H,3-9H2,1-2H3/t11-,12+/m0/s1. The molecule has 1 aliphatic carbocycles. The van der Waals surface area contributed by atoms with Crippen LogP contribution in [-0.4, -0.2) is 36.9 Å². The first kappa shape index (κ1) is 14.5. The summed E-state index contributed by atoms with van der Waals surface area (Å²) < 4.78 is 16.4. The predicted octanol–water partition coefficient (Wildman–Crippen LogP) is 1.97. The molecule has 2 fully saturated rings. The smallest absolute Gasteiger partial charge is 0.338 e. The topological polar surface area (TPSA) is 61.8 Å². The van der Waals surface area contributed by atoms with Crippen LogP contribution in [0.15, 0.2) is 0 Å². The molecule has 0 aromatic carbocycles. The SMILES string of the molecule is COC(=O)[C@@H]1OC2(CCCCCCC2)O[C@H]1C(C)=O. The molecule has 1 saturated heterocycles. The molecule has 1 heterocycles. The zero-order chi connectivity index (χ0) is 13.9. The van der Waals surface area contributed by atoms with Crippen LogP contribution in [0.3, 0.4) is 0 Å². The quantitative estimate of drug-likeness (QED) is 0.718. The second-order valence-corrected chi connectivity index (χ2v) is 5.39. The third-order valence-electron chi connectivity index (χ3n) is 3.91. The van der Waals surface area contributed by atoms with Crippen molar-refractivity contribution in [1.29, 1.82) is 0 Å². The first-order valence-electron chi connectivity index (χ1n) is 7.02. The molecule has 1 saturated carbocycles. The van der Waals surface area contributed by atoms with Crippen LogP contribution in [0.4, 0.5) is 0 Å². The van der Waals surface area contributed by atoms with Gasteiger partial charge in [0.15, 0.2) is 23.8 Å². The Morgan fingerprint density at radius 2 is 1.53 bits per heavy atom. The lowest BCUT2D eigenvalue weighted by Gasteiger charge is -2.29. The van der Waals surface area contributed by atoms with E-state index < -0.39 is 24.0 Å². The van der Waals surface area contributed by atoms with Gasteiger partial charge < -0.3 is 14.2 Å². The molecule has 0 amide bonds. The van der Waals surface area contributed by atoms with Crippen LogP contribution in [0.1, 0.15) is 51.9 Å². The fourth-order valence-electron chi connectivity index (χ4n) is 2.88. The van der Waals surface area contributed by atoms with Gasteiger partial charge in [-0.2, -0.15) is 0 Å². The number of hydrogen-bond acceptors (Lipinski definition) is 5. The summed E-state index contributed by atoms with van der Waals surface area (Å²) in [4.78, 5) is 23.4. The molecular formula is C14H22O5. The van der Waals surface area contributed by atoms with Crippen molar-refractivity contribution in [3.05, 3.63) is 0 Å². The summed E-state index contributed by atoms with van der Waals surface area (Å²) in [6.07, 6.45) is 5.25. The molecule has 2 rings (SSSR count). The molecule has 0 bridgehead atoms. The van der Waals surface area contributed by atoms with Gasteiger partial charge in [0, 0.05) is 12.8 Å². The summed E-state index contributed by atoms with van der Waals surface area (Å²) in [6.45, 7) is 1.42. The fraction of sp³-hybridized carbons (Fsp3) is 0.857. The van der Waals surface area contributed by atoms with Crippen LogP contribution in [-0.2, 0) is 23.8 Å². The lowest BCUT2D eigenvalue weighted by atomic mass is 9.96. The number of methoxy groups -OCH3 is 1. The molecule has 0 radical (unpaired) electrons. The molecule has 2 atom stereocenters. The first-order valence-corrected chi connectivity index (χ1v) is 7.02. The van der Waals surface area contributed by atoms with Crippen molar-refractivity contribution in [1.82, 2.24) is 0 Å². The minimum Gasteiger partial charge on any atom is -0.467 e. The van der Waals surface area contributed by atoms with Gasteiger partial charge in [-0.1, -0.05) is 19.3 Å². The number of Topliss-reactive ketones (excluding diaryl/α,β-unsaturated/α-hetero) is 1. The van der Waals surface area contributed by atoms with Gasteiger partial charge >= 0.3 is 5.97 Å². The van der Waals surface area contributed by atoms with E-state index in [1.807, 2.05) is 0 Å². The van der Waals surface area contributed by atoms with Gasteiger partial charge in [0.05, 0.1) is 7.11 Å².